The van der Waals surface area contributed by atoms with E-state index in [0.717, 1.165) is 20.8 Å². The number of thiophene rings is 1. The van der Waals surface area contributed by atoms with Gasteiger partial charge < -0.3 is 0 Å². The van der Waals surface area contributed by atoms with Crippen molar-refractivity contribution in [1.29, 1.82) is 0 Å². The highest BCUT2D eigenvalue weighted by Gasteiger charge is 2.18. The molecule has 2 aromatic heterocycles. The van der Waals surface area contributed by atoms with Gasteiger partial charge >= 0.3 is 0 Å². The highest BCUT2D eigenvalue weighted by atomic mass is 32.2. The largest absolute Gasteiger partial charge is 0.272 e. The molecule has 0 spiro atoms. The number of hydrogen-bond donors (Lipinski definition) is 2. The predicted octanol–water partition coefficient (Wildman–Crippen LogP) is 4.67. The zero-order valence-corrected chi connectivity index (χ0v) is 18.2. The minimum Gasteiger partial charge on any atom is -0.267 e. The molecule has 2 heterocycles. The lowest BCUT2D eigenvalue weighted by Crippen LogP contribution is -2.42. The number of nitrogens with zero attached hydrogens (tertiary/aromatic N) is 2. The fraction of sp³-hybridized carbons (Fsp3) is 0.0909. The molecule has 2 aromatic carbocycles. The van der Waals surface area contributed by atoms with Crippen molar-refractivity contribution in [3.63, 3.8) is 0 Å². The van der Waals surface area contributed by atoms with E-state index in [1.54, 1.807) is 35.6 Å². The van der Waals surface area contributed by atoms with Crippen LogP contribution in [0.3, 0.4) is 0 Å². The molecule has 2 amide bonds. The van der Waals surface area contributed by atoms with Crippen LogP contribution in [0.4, 0.5) is 4.39 Å². The van der Waals surface area contributed by atoms with Crippen molar-refractivity contribution in [2.75, 3.05) is 0 Å². The second-order valence-corrected chi connectivity index (χ2v) is 8.86. The number of rotatable bonds is 4. The molecule has 0 atom stereocenters. The number of carbonyl (C=O) groups excluding carboxylic acids is 2. The van der Waals surface area contributed by atoms with Gasteiger partial charge in [-0.05, 0) is 43.7 Å². The van der Waals surface area contributed by atoms with Gasteiger partial charge in [0, 0.05) is 15.2 Å². The van der Waals surface area contributed by atoms with Gasteiger partial charge in [0.1, 0.15) is 22.0 Å². The number of fused-ring (bicyclic) bond motifs is 1. The molecule has 0 aliphatic carbocycles. The summed E-state index contributed by atoms with van der Waals surface area (Å²) in [5.41, 5.74) is 5.93. The van der Waals surface area contributed by atoms with Gasteiger partial charge in [0.05, 0.1) is 11.1 Å². The maximum atomic E-state index is 13.8. The average Bonchev–Trinajstić information content (AvgIpc) is 3.07. The molecule has 31 heavy (non-hydrogen) atoms. The summed E-state index contributed by atoms with van der Waals surface area (Å²) in [5, 5.41) is 1.72. The molecule has 0 aliphatic rings. The van der Waals surface area contributed by atoms with Crippen molar-refractivity contribution < 1.29 is 14.0 Å². The van der Waals surface area contributed by atoms with Crippen molar-refractivity contribution in [1.82, 2.24) is 20.8 Å². The van der Waals surface area contributed by atoms with Crippen LogP contribution in [0.5, 0.6) is 0 Å². The minimum absolute atomic E-state index is 0.155. The number of halogens is 1. The third-order valence-corrected chi connectivity index (χ3v) is 6.87. The molecule has 0 saturated heterocycles. The van der Waals surface area contributed by atoms with Crippen LogP contribution in [0.25, 0.3) is 10.2 Å². The second-order valence-electron chi connectivity index (χ2n) is 6.63. The van der Waals surface area contributed by atoms with E-state index in [-0.39, 0.29) is 5.56 Å². The van der Waals surface area contributed by atoms with E-state index in [4.69, 9.17) is 0 Å². The zero-order valence-electron chi connectivity index (χ0n) is 16.6. The van der Waals surface area contributed by atoms with Crippen molar-refractivity contribution in [3.05, 3.63) is 82.2 Å². The van der Waals surface area contributed by atoms with E-state index in [2.05, 4.69) is 20.8 Å². The summed E-state index contributed by atoms with van der Waals surface area (Å²) in [6.45, 7) is 4.06. The van der Waals surface area contributed by atoms with Crippen molar-refractivity contribution in [3.8, 4) is 0 Å². The molecule has 0 bridgehead atoms. The Hall–Kier alpha value is -3.30. The standard InChI is InChI=1S/C22H17FN4O2S2/c1-12-13(2)30-21-18(12)22(25-11-24-21)31-17-10-6-4-8-15(17)20(29)27-26-19(28)14-7-3-5-9-16(14)23/h3-11H,1-2H3,(H,26,28)(H,27,29). The Kier molecular flexibility index (Phi) is 5.97. The highest BCUT2D eigenvalue weighted by molar-refractivity contribution is 7.99. The van der Waals surface area contributed by atoms with Crippen LogP contribution in [-0.4, -0.2) is 21.8 Å². The number of hydrazine groups is 1. The molecule has 2 N–H and O–H groups in total. The van der Waals surface area contributed by atoms with Crippen LogP contribution in [0.15, 0.2) is 64.8 Å². The van der Waals surface area contributed by atoms with E-state index in [1.165, 1.54) is 41.2 Å². The lowest BCUT2D eigenvalue weighted by molar-refractivity contribution is 0.0842. The molecule has 156 valence electrons. The molecule has 0 unspecified atom stereocenters. The first kappa shape index (κ1) is 21.0. The van der Waals surface area contributed by atoms with Gasteiger partial charge in [0.2, 0.25) is 0 Å². The van der Waals surface area contributed by atoms with Gasteiger partial charge in [-0.15, -0.1) is 11.3 Å². The Labute approximate surface area is 185 Å². The number of aromatic nitrogens is 2. The number of amides is 2. The van der Waals surface area contributed by atoms with E-state index in [0.29, 0.717) is 10.5 Å². The third kappa shape index (κ3) is 4.28. The van der Waals surface area contributed by atoms with E-state index >= 15 is 0 Å². The lowest BCUT2D eigenvalue weighted by atomic mass is 10.2. The summed E-state index contributed by atoms with van der Waals surface area (Å²) in [7, 11) is 0. The molecule has 0 saturated carbocycles. The molecule has 0 aliphatic heterocycles. The summed E-state index contributed by atoms with van der Waals surface area (Å²) in [4.78, 5) is 36.4. The predicted molar refractivity (Wildman–Crippen MR) is 119 cm³/mol. The van der Waals surface area contributed by atoms with E-state index in [1.807, 2.05) is 19.9 Å². The first-order valence-electron chi connectivity index (χ1n) is 9.28. The van der Waals surface area contributed by atoms with Gasteiger partial charge in [0.25, 0.3) is 11.8 Å². The molecule has 0 radical (unpaired) electrons. The topological polar surface area (TPSA) is 84.0 Å². The highest BCUT2D eigenvalue weighted by Crippen LogP contribution is 2.38. The molecule has 4 rings (SSSR count). The first-order valence-corrected chi connectivity index (χ1v) is 10.9. The normalized spacial score (nSPS) is 10.8. The van der Waals surface area contributed by atoms with Crippen LogP contribution >= 0.6 is 23.1 Å². The van der Waals surface area contributed by atoms with Gasteiger partial charge in [0.15, 0.2) is 0 Å². The fourth-order valence-corrected chi connectivity index (χ4v) is 5.11. The van der Waals surface area contributed by atoms with E-state index in [9.17, 15) is 14.0 Å². The second kappa shape index (κ2) is 8.83. The summed E-state index contributed by atoms with van der Waals surface area (Å²) >= 11 is 2.96. The lowest BCUT2D eigenvalue weighted by Gasteiger charge is -2.11. The number of hydrogen-bond acceptors (Lipinski definition) is 6. The smallest absolute Gasteiger partial charge is 0.267 e. The fourth-order valence-electron chi connectivity index (χ4n) is 2.97. The summed E-state index contributed by atoms with van der Waals surface area (Å²) in [6.07, 6.45) is 1.51. The quantitative estimate of drug-likeness (QED) is 0.347. The SMILES string of the molecule is Cc1sc2ncnc(Sc3ccccc3C(=O)NNC(=O)c3ccccc3F)c2c1C. The Morgan fingerprint density at radius 1 is 0.935 bits per heavy atom. The maximum absolute atomic E-state index is 13.8. The number of nitrogens with one attached hydrogen (secondary N) is 2. The van der Waals surface area contributed by atoms with Crippen molar-refractivity contribution >= 4 is 45.1 Å². The average molecular weight is 453 g/mol. The molecular formula is C22H17FN4O2S2. The molecular weight excluding hydrogens is 435 g/mol. The summed E-state index contributed by atoms with van der Waals surface area (Å²) < 4.78 is 13.8. The summed E-state index contributed by atoms with van der Waals surface area (Å²) in [6, 6.07) is 12.6. The van der Waals surface area contributed by atoms with Crippen molar-refractivity contribution in [2.45, 2.75) is 23.8 Å². The Bertz CT molecular complexity index is 1310. The number of aryl methyl sites for hydroxylation is 2. The maximum Gasteiger partial charge on any atom is 0.272 e. The molecule has 9 heteroatoms. The van der Waals surface area contributed by atoms with Crippen molar-refractivity contribution in [2.24, 2.45) is 0 Å². The van der Waals surface area contributed by atoms with Crippen LogP contribution in [0.1, 0.15) is 31.2 Å². The molecule has 6 nitrogen and oxygen atoms in total. The Balaban J connectivity index is 1.56. The van der Waals surface area contributed by atoms with Gasteiger partial charge in [-0.25, -0.2) is 14.4 Å². The monoisotopic (exact) mass is 452 g/mol. The third-order valence-electron chi connectivity index (χ3n) is 4.68. The van der Waals surface area contributed by atoms with Crippen LogP contribution in [-0.2, 0) is 0 Å². The van der Waals surface area contributed by atoms with Crippen LogP contribution in [0, 0.1) is 19.7 Å². The van der Waals surface area contributed by atoms with Gasteiger partial charge in [-0.1, -0.05) is 36.0 Å². The van der Waals surface area contributed by atoms with Crippen LogP contribution in [0.2, 0.25) is 0 Å². The summed E-state index contributed by atoms with van der Waals surface area (Å²) in [5.74, 6) is -1.92. The Morgan fingerprint density at radius 3 is 2.32 bits per heavy atom. The first-order chi connectivity index (χ1) is 15.0. The zero-order chi connectivity index (χ0) is 22.0. The van der Waals surface area contributed by atoms with Gasteiger partial charge in [-0.2, -0.15) is 0 Å². The molecule has 0 fully saturated rings. The van der Waals surface area contributed by atoms with Crippen LogP contribution < -0.4 is 10.9 Å². The molecule has 4 aromatic rings. The Morgan fingerprint density at radius 2 is 1.58 bits per heavy atom. The van der Waals surface area contributed by atoms with E-state index < -0.39 is 17.6 Å². The minimum atomic E-state index is -0.738. The number of benzene rings is 2. The van der Waals surface area contributed by atoms with Gasteiger partial charge in [-0.3, -0.25) is 20.4 Å². The number of carbonyl (C=O) groups is 2.